The second kappa shape index (κ2) is 11.5. The van der Waals surface area contributed by atoms with Crippen LogP contribution in [0, 0.1) is 6.92 Å². The Labute approximate surface area is 237 Å². The Balaban J connectivity index is 1.85. The van der Waals surface area contributed by atoms with E-state index in [1.807, 2.05) is 39.1 Å². The first kappa shape index (κ1) is 28.9. The van der Waals surface area contributed by atoms with Gasteiger partial charge in [-0.2, -0.15) is 5.10 Å². The minimum absolute atomic E-state index is 0.0374. The maximum atomic E-state index is 11.7. The molecule has 0 aliphatic rings. The molecule has 0 atom stereocenters. The third kappa shape index (κ3) is 6.71. The summed E-state index contributed by atoms with van der Waals surface area (Å²) in [5, 5.41) is 21.3. The van der Waals surface area contributed by atoms with E-state index in [2.05, 4.69) is 36.7 Å². The minimum Gasteiger partial charge on any atom is -0.476 e. The number of allylic oxidation sites excluding steroid dienone is 5. The number of thiazole rings is 1. The normalized spacial score (nSPS) is 11.9. The summed E-state index contributed by atoms with van der Waals surface area (Å²) in [5.41, 5.74) is 8.52. The number of rotatable bonds is 9. The fourth-order valence-corrected chi connectivity index (χ4v) is 5.46. The lowest BCUT2D eigenvalue weighted by Crippen LogP contribution is -2.11. The van der Waals surface area contributed by atoms with E-state index in [4.69, 9.17) is 10.2 Å². The van der Waals surface area contributed by atoms with E-state index in [9.17, 15) is 18.3 Å². The average Bonchev–Trinajstić information content (AvgIpc) is 3.51. The molecule has 0 aliphatic carbocycles. The van der Waals surface area contributed by atoms with E-state index in [0.717, 1.165) is 44.5 Å². The molecule has 4 aromatic rings. The van der Waals surface area contributed by atoms with E-state index in [1.165, 1.54) is 28.8 Å². The standard InChI is InChI=1S/C30H30N4O4S2/c1-18(2)12-23(13-19(3)4)26-15-22(9-6-20(26)5)28-24(14-21-7-10-25(11-8-21)40(31,37)38)16-34(33-28)30-32-27(17-39-30)29(35)36/h6-13,15-17H,1,14H2,2-5H3,(H,35,36)(H2,31,37,38)/b23-12+. The topological polar surface area (TPSA) is 128 Å². The molecule has 2 aromatic carbocycles. The zero-order valence-electron chi connectivity index (χ0n) is 22.7. The van der Waals surface area contributed by atoms with Gasteiger partial charge in [-0.15, -0.1) is 11.3 Å². The number of nitrogens with two attached hydrogens (primary N) is 1. The van der Waals surface area contributed by atoms with Crippen molar-refractivity contribution in [2.24, 2.45) is 5.14 Å². The van der Waals surface area contributed by atoms with Crippen LogP contribution in [0.2, 0.25) is 0 Å². The van der Waals surface area contributed by atoms with Crippen molar-refractivity contribution < 1.29 is 18.3 Å². The van der Waals surface area contributed by atoms with Crippen LogP contribution in [0.1, 0.15) is 53.5 Å². The molecule has 4 rings (SSSR count). The van der Waals surface area contributed by atoms with Crippen LogP contribution in [-0.2, 0) is 16.4 Å². The quantitative estimate of drug-likeness (QED) is 0.230. The summed E-state index contributed by atoms with van der Waals surface area (Å²) in [6, 6.07) is 12.5. The summed E-state index contributed by atoms with van der Waals surface area (Å²) >= 11 is 1.18. The van der Waals surface area contributed by atoms with Gasteiger partial charge in [-0.25, -0.2) is 28.0 Å². The van der Waals surface area contributed by atoms with Gasteiger partial charge in [0.15, 0.2) is 5.69 Å². The number of carbonyl (C=O) groups is 1. The molecular weight excluding hydrogens is 544 g/mol. The van der Waals surface area contributed by atoms with Crippen LogP contribution in [-0.4, -0.2) is 34.3 Å². The maximum absolute atomic E-state index is 11.7. The van der Waals surface area contributed by atoms with E-state index < -0.39 is 16.0 Å². The number of aromatic carboxylic acids is 1. The van der Waals surface area contributed by atoms with Gasteiger partial charge in [0, 0.05) is 29.1 Å². The van der Waals surface area contributed by atoms with Crippen LogP contribution in [0.3, 0.4) is 0 Å². The molecule has 0 amide bonds. The molecule has 0 bridgehead atoms. The van der Waals surface area contributed by atoms with Gasteiger partial charge in [0.05, 0.1) is 10.6 Å². The van der Waals surface area contributed by atoms with Crippen molar-refractivity contribution in [2.45, 2.75) is 39.0 Å². The van der Waals surface area contributed by atoms with Crippen molar-refractivity contribution in [1.82, 2.24) is 14.8 Å². The number of benzene rings is 2. The fraction of sp³-hybridized carbons (Fsp3) is 0.167. The SMILES string of the molecule is C=C(C)/C=C(\C=C(C)C)c1cc(-c2nn(-c3nc(C(=O)O)cs3)cc2Cc2ccc(S(N)(=O)=O)cc2)ccc1C. The molecule has 2 heterocycles. The molecule has 0 radical (unpaired) electrons. The number of aryl methyl sites for hydroxylation is 1. The Morgan fingerprint density at radius 1 is 1.12 bits per heavy atom. The number of sulfonamides is 1. The minimum atomic E-state index is -3.80. The fourth-order valence-electron chi connectivity index (χ4n) is 4.22. The first-order chi connectivity index (χ1) is 18.8. The second-order valence-electron chi connectivity index (χ2n) is 9.83. The number of carboxylic acids is 1. The molecule has 0 fully saturated rings. The van der Waals surface area contributed by atoms with Gasteiger partial charge in [-0.1, -0.05) is 54.1 Å². The average molecular weight is 575 g/mol. The lowest BCUT2D eigenvalue weighted by Gasteiger charge is -2.12. The number of carboxylic acid groups (broad SMARTS) is 1. The van der Waals surface area contributed by atoms with E-state index in [0.29, 0.717) is 17.2 Å². The second-order valence-corrected chi connectivity index (χ2v) is 12.2. The van der Waals surface area contributed by atoms with E-state index in [1.54, 1.807) is 16.8 Å². The first-order valence-corrected chi connectivity index (χ1v) is 14.8. The smallest absolute Gasteiger partial charge is 0.355 e. The highest BCUT2D eigenvalue weighted by atomic mass is 32.2. The first-order valence-electron chi connectivity index (χ1n) is 12.3. The molecule has 0 spiro atoms. The summed E-state index contributed by atoms with van der Waals surface area (Å²) in [6.07, 6.45) is 6.45. The molecule has 40 heavy (non-hydrogen) atoms. The molecule has 2 aromatic heterocycles. The van der Waals surface area contributed by atoms with Gasteiger partial charge in [-0.3, -0.25) is 0 Å². The van der Waals surface area contributed by atoms with Crippen molar-refractivity contribution in [3.8, 4) is 16.4 Å². The summed E-state index contributed by atoms with van der Waals surface area (Å²) in [7, 11) is -3.80. The molecule has 206 valence electrons. The molecule has 0 unspecified atom stereocenters. The number of hydrogen-bond acceptors (Lipinski definition) is 6. The summed E-state index contributed by atoms with van der Waals surface area (Å²) in [5.74, 6) is -1.11. The van der Waals surface area contributed by atoms with Gasteiger partial charge in [0.25, 0.3) is 0 Å². The molecule has 10 heteroatoms. The Bertz CT molecular complexity index is 1770. The maximum Gasteiger partial charge on any atom is 0.355 e. The number of hydrogen-bond donors (Lipinski definition) is 2. The third-order valence-corrected chi connectivity index (χ3v) is 7.77. The third-order valence-electron chi connectivity index (χ3n) is 6.01. The van der Waals surface area contributed by atoms with Crippen LogP contribution in [0.15, 0.2) is 88.8 Å². The number of aromatic nitrogens is 3. The van der Waals surface area contributed by atoms with Crippen LogP contribution in [0.25, 0.3) is 22.0 Å². The molecule has 8 nitrogen and oxygen atoms in total. The van der Waals surface area contributed by atoms with Crippen LogP contribution in [0.5, 0.6) is 0 Å². The Kier molecular flexibility index (Phi) is 8.34. The van der Waals surface area contributed by atoms with Gasteiger partial charge in [0.2, 0.25) is 15.2 Å². The van der Waals surface area contributed by atoms with Crippen molar-refractivity contribution >= 4 is 32.9 Å². The highest BCUT2D eigenvalue weighted by molar-refractivity contribution is 7.89. The van der Waals surface area contributed by atoms with E-state index in [-0.39, 0.29) is 10.6 Å². The monoisotopic (exact) mass is 574 g/mol. The van der Waals surface area contributed by atoms with Crippen molar-refractivity contribution in [1.29, 1.82) is 0 Å². The Morgan fingerprint density at radius 3 is 2.40 bits per heavy atom. The zero-order valence-corrected chi connectivity index (χ0v) is 24.3. The molecular formula is C30H30N4O4S2. The van der Waals surface area contributed by atoms with Crippen molar-refractivity contribution in [3.05, 3.63) is 112 Å². The van der Waals surface area contributed by atoms with Crippen LogP contribution < -0.4 is 5.14 Å². The van der Waals surface area contributed by atoms with Crippen LogP contribution in [0.4, 0.5) is 0 Å². The van der Waals surface area contributed by atoms with Gasteiger partial charge in [0.1, 0.15) is 0 Å². The lowest BCUT2D eigenvalue weighted by atomic mass is 9.93. The summed E-state index contributed by atoms with van der Waals surface area (Å²) < 4.78 is 25.0. The van der Waals surface area contributed by atoms with Crippen LogP contribution >= 0.6 is 11.3 Å². The summed E-state index contributed by atoms with van der Waals surface area (Å²) in [4.78, 5) is 15.7. The molecule has 3 N–H and O–H groups in total. The zero-order chi connectivity index (χ0) is 29.2. The highest BCUT2D eigenvalue weighted by Crippen LogP contribution is 2.32. The van der Waals surface area contributed by atoms with Gasteiger partial charge >= 0.3 is 5.97 Å². The Morgan fingerprint density at radius 2 is 1.82 bits per heavy atom. The van der Waals surface area contributed by atoms with Crippen molar-refractivity contribution in [3.63, 3.8) is 0 Å². The van der Waals surface area contributed by atoms with E-state index >= 15 is 0 Å². The number of nitrogens with zero attached hydrogens (tertiary/aromatic N) is 3. The largest absolute Gasteiger partial charge is 0.476 e. The molecule has 0 saturated heterocycles. The molecule has 0 aliphatic heterocycles. The number of primary sulfonamides is 1. The Hall–Kier alpha value is -4.12. The predicted molar refractivity (Wildman–Crippen MR) is 159 cm³/mol. The highest BCUT2D eigenvalue weighted by Gasteiger charge is 2.18. The summed E-state index contributed by atoms with van der Waals surface area (Å²) in [6.45, 7) is 12.2. The predicted octanol–water partition coefficient (Wildman–Crippen LogP) is 6.17. The molecule has 0 saturated carbocycles. The van der Waals surface area contributed by atoms with Gasteiger partial charge in [-0.05, 0) is 68.2 Å². The van der Waals surface area contributed by atoms with Gasteiger partial charge < -0.3 is 5.11 Å². The van der Waals surface area contributed by atoms with Crippen molar-refractivity contribution in [2.75, 3.05) is 0 Å². The lowest BCUT2D eigenvalue weighted by molar-refractivity contribution is 0.0691.